The van der Waals surface area contributed by atoms with Crippen LogP contribution in [0.5, 0.6) is 11.8 Å². The first-order valence-electron chi connectivity index (χ1n) is 5.67. The van der Waals surface area contributed by atoms with Gasteiger partial charge in [0, 0.05) is 12.6 Å². The standard InChI is InChI=1S/C11H18N4O2/c1-16-9-5-10(17-2)15-11(14-9)13-6-7-3-8(12)4-7/h5,7-8H,3-4,6,12H2,1-2H3,(H,13,14,15). The van der Waals surface area contributed by atoms with E-state index >= 15 is 0 Å². The zero-order valence-electron chi connectivity index (χ0n) is 10.1. The quantitative estimate of drug-likeness (QED) is 0.783. The fourth-order valence-corrected chi connectivity index (χ4v) is 1.88. The zero-order chi connectivity index (χ0) is 12.3. The van der Waals surface area contributed by atoms with Crippen LogP contribution in [0.2, 0.25) is 0 Å². The molecule has 1 aromatic rings. The molecule has 1 aliphatic carbocycles. The molecule has 0 aliphatic heterocycles. The smallest absolute Gasteiger partial charge is 0.229 e. The molecule has 94 valence electrons. The van der Waals surface area contributed by atoms with Crippen molar-refractivity contribution in [1.29, 1.82) is 0 Å². The first-order chi connectivity index (χ1) is 8.21. The summed E-state index contributed by atoms with van der Waals surface area (Å²) >= 11 is 0. The molecule has 17 heavy (non-hydrogen) atoms. The van der Waals surface area contributed by atoms with E-state index in [0.29, 0.717) is 29.7 Å². The van der Waals surface area contributed by atoms with Crippen molar-refractivity contribution in [3.8, 4) is 11.8 Å². The fraction of sp³-hybridized carbons (Fsp3) is 0.636. The van der Waals surface area contributed by atoms with Crippen LogP contribution in [0.15, 0.2) is 6.07 Å². The van der Waals surface area contributed by atoms with Crippen LogP contribution >= 0.6 is 0 Å². The van der Waals surface area contributed by atoms with E-state index in [2.05, 4.69) is 15.3 Å². The molecule has 3 N–H and O–H groups in total. The van der Waals surface area contributed by atoms with Crippen LogP contribution in [0, 0.1) is 5.92 Å². The minimum Gasteiger partial charge on any atom is -0.481 e. The molecule has 0 amide bonds. The summed E-state index contributed by atoms with van der Waals surface area (Å²) in [6.07, 6.45) is 2.13. The van der Waals surface area contributed by atoms with Gasteiger partial charge in [0.05, 0.1) is 20.3 Å². The molecule has 1 aliphatic rings. The summed E-state index contributed by atoms with van der Waals surface area (Å²) in [6, 6.07) is 2.01. The minimum atomic E-state index is 0.363. The van der Waals surface area contributed by atoms with Gasteiger partial charge in [0.1, 0.15) is 0 Å². The second-order valence-electron chi connectivity index (χ2n) is 4.25. The Hall–Kier alpha value is -1.56. The Labute approximate surface area is 101 Å². The summed E-state index contributed by atoms with van der Waals surface area (Å²) < 4.78 is 10.1. The lowest BCUT2D eigenvalue weighted by atomic mass is 9.81. The van der Waals surface area contributed by atoms with Crippen molar-refractivity contribution >= 4 is 5.95 Å². The molecule has 0 saturated heterocycles. The predicted octanol–water partition coefficient (Wildman–Crippen LogP) is 0.643. The van der Waals surface area contributed by atoms with Crippen LogP contribution < -0.4 is 20.5 Å². The van der Waals surface area contributed by atoms with Gasteiger partial charge >= 0.3 is 0 Å². The number of rotatable bonds is 5. The minimum absolute atomic E-state index is 0.363. The fourth-order valence-electron chi connectivity index (χ4n) is 1.88. The first-order valence-corrected chi connectivity index (χ1v) is 5.67. The van der Waals surface area contributed by atoms with E-state index in [1.54, 1.807) is 20.3 Å². The molecule has 6 heteroatoms. The van der Waals surface area contributed by atoms with Crippen LogP contribution in [0.25, 0.3) is 0 Å². The summed E-state index contributed by atoms with van der Waals surface area (Å²) in [5.74, 6) is 2.13. The molecular weight excluding hydrogens is 220 g/mol. The third-order valence-corrected chi connectivity index (χ3v) is 2.92. The van der Waals surface area contributed by atoms with Crippen molar-refractivity contribution in [2.45, 2.75) is 18.9 Å². The highest BCUT2D eigenvalue weighted by Crippen LogP contribution is 2.26. The van der Waals surface area contributed by atoms with Gasteiger partial charge in [0.2, 0.25) is 17.7 Å². The summed E-state index contributed by atoms with van der Waals surface area (Å²) in [5, 5.41) is 3.18. The largest absolute Gasteiger partial charge is 0.481 e. The Bertz CT molecular complexity index is 357. The van der Waals surface area contributed by atoms with E-state index in [1.165, 1.54) is 0 Å². The molecule has 0 aromatic carbocycles. The van der Waals surface area contributed by atoms with Gasteiger partial charge in [0.25, 0.3) is 0 Å². The van der Waals surface area contributed by atoms with E-state index in [1.807, 2.05) is 0 Å². The van der Waals surface area contributed by atoms with E-state index in [0.717, 1.165) is 19.4 Å². The summed E-state index contributed by atoms with van der Waals surface area (Å²) in [4.78, 5) is 8.39. The van der Waals surface area contributed by atoms with Crippen molar-refractivity contribution in [3.05, 3.63) is 6.07 Å². The molecule has 1 saturated carbocycles. The van der Waals surface area contributed by atoms with Gasteiger partial charge < -0.3 is 20.5 Å². The molecule has 1 heterocycles. The summed E-state index contributed by atoms with van der Waals surface area (Å²) in [6.45, 7) is 0.837. The molecule has 2 rings (SSSR count). The SMILES string of the molecule is COc1cc(OC)nc(NCC2CC(N)C2)n1. The molecule has 6 nitrogen and oxygen atoms in total. The molecule has 0 unspecified atom stereocenters. The molecule has 0 spiro atoms. The summed E-state index contributed by atoms with van der Waals surface area (Å²) in [7, 11) is 3.13. The van der Waals surface area contributed by atoms with Crippen molar-refractivity contribution in [2.24, 2.45) is 11.7 Å². The maximum atomic E-state index is 5.73. The van der Waals surface area contributed by atoms with Crippen LogP contribution in [0.1, 0.15) is 12.8 Å². The van der Waals surface area contributed by atoms with Crippen molar-refractivity contribution in [1.82, 2.24) is 9.97 Å². The summed E-state index contributed by atoms with van der Waals surface area (Å²) in [5.41, 5.74) is 5.73. The lowest BCUT2D eigenvalue weighted by Gasteiger charge is -2.32. The Morgan fingerprint density at radius 3 is 2.35 bits per heavy atom. The van der Waals surface area contributed by atoms with Crippen LogP contribution in [-0.4, -0.2) is 36.8 Å². The van der Waals surface area contributed by atoms with Gasteiger partial charge in [-0.3, -0.25) is 0 Å². The predicted molar refractivity (Wildman–Crippen MR) is 64.3 cm³/mol. The van der Waals surface area contributed by atoms with Crippen LogP contribution in [0.3, 0.4) is 0 Å². The number of methoxy groups -OCH3 is 2. The first kappa shape index (κ1) is 11.9. The third kappa shape index (κ3) is 2.97. The maximum Gasteiger partial charge on any atom is 0.229 e. The number of ether oxygens (including phenoxy) is 2. The van der Waals surface area contributed by atoms with E-state index in [-0.39, 0.29) is 0 Å². The highest BCUT2D eigenvalue weighted by molar-refractivity contribution is 5.33. The Morgan fingerprint density at radius 2 is 1.88 bits per heavy atom. The van der Waals surface area contributed by atoms with Crippen molar-refractivity contribution in [2.75, 3.05) is 26.1 Å². The van der Waals surface area contributed by atoms with Gasteiger partial charge in [-0.15, -0.1) is 0 Å². The second-order valence-corrected chi connectivity index (χ2v) is 4.25. The maximum absolute atomic E-state index is 5.73. The van der Waals surface area contributed by atoms with E-state index < -0.39 is 0 Å². The van der Waals surface area contributed by atoms with Gasteiger partial charge in [-0.25, -0.2) is 0 Å². The number of nitrogens with two attached hydrogens (primary N) is 1. The zero-order valence-corrected chi connectivity index (χ0v) is 10.1. The number of anilines is 1. The monoisotopic (exact) mass is 238 g/mol. The Morgan fingerprint density at radius 1 is 1.29 bits per heavy atom. The van der Waals surface area contributed by atoms with E-state index in [4.69, 9.17) is 15.2 Å². The average Bonchev–Trinajstić information content (AvgIpc) is 2.32. The topological polar surface area (TPSA) is 82.3 Å². The normalized spacial score (nSPS) is 22.8. The number of nitrogens with zero attached hydrogens (tertiary/aromatic N) is 2. The van der Waals surface area contributed by atoms with Crippen LogP contribution in [-0.2, 0) is 0 Å². The lowest BCUT2D eigenvalue weighted by Crippen LogP contribution is -2.39. The van der Waals surface area contributed by atoms with E-state index in [9.17, 15) is 0 Å². The molecule has 0 radical (unpaired) electrons. The molecular formula is C11H18N4O2. The Balaban J connectivity index is 1.94. The number of nitrogens with one attached hydrogen (secondary N) is 1. The van der Waals surface area contributed by atoms with Gasteiger partial charge in [0.15, 0.2) is 0 Å². The molecule has 0 bridgehead atoms. The molecule has 1 aromatic heterocycles. The number of hydrogen-bond acceptors (Lipinski definition) is 6. The van der Waals surface area contributed by atoms with Crippen LogP contribution in [0.4, 0.5) is 5.95 Å². The van der Waals surface area contributed by atoms with Gasteiger partial charge in [-0.2, -0.15) is 9.97 Å². The highest BCUT2D eigenvalue weighted by Gasteiger charge is 2.25. The van der Waals surface area contributed by atoms with Crippen molar-refractivity contribution < 1.29 is 9.47 Å². The third-order valence-electron chi connectivity index (χ3n) is 2.92. The second kappa shape index (κ2) is 5.18. The Kier molecular flexibility index (Phi) is 3.63. The molecule has 0 atom stereocenters. The van der Waals surface area contributed by atoms with Gasteiger partial charge in [-0.05, 0) is 18.8 Å². The number of aromatic nitrogens is 2. The highest BCUT2D eigenvalue weighted by atomic mass is 16.5. The average molecular weight is 238 g/mol. The lowest BCUT2D eigenvalue weighted by molar-refractivity contribution is 0.279. The molecule has 1 fully saturated rings. The van der Waals surface area contributed by atoms with Gasteiger partial charge in [-0.1, -0.05) is 0 Å². The van der Waals surface area contributed by atoms with Crippen molar-refractivity contribution in [3.63, 3.8) is 0 Å². The number of hydrogen-bond donors (Lipinski definition) is 2.